The van der Waals surface area contributed by atoms with Gasteiger partial charge < -0.3 is 14.6 Å². The van der Waals surface area contributed by atoms with Crippen LogP contribution in [0.1, 0.15) is 10.4 Å². The van der Waals surface area contributed by atoms with Gasteiger partial charge in [0.1, 0.15) is 0 Å². The predicted molar refractivity (Wildman–Crippen MR) is 36.8 cm³/mol. The van der Waals surface area contributed by atoms with Gasteiger partial charge in [-0.25, -0.2) is 9.00 Å². The van der Waals surface area contributed by atoms with Gasteiger partial charge in [-0.3, -0.25) is 0 Å². The van der Waals surface area contributed by atoms with Gasteiger partial charge in [0.2, 0.25) is 0 Å². The Morgan fingerprint density at radius 2 is 2.18 bits per heavy atom. The minimum Gasteiger partial charge on any atom is -0.478 e. The molecule has 1 aromatic rings. The maximum atomic E-state index is 10.4. The third-order valence-corrected chi connectivity index (χ3v) is 1.84. The van der Waals surface area contributed by atoms with Crippen molar-refractivity contribution in [1.29, 1.82) is 0 Å². The molecule has 0 saturated carbocycles. The minimum atomic E-state index is -2.24. The Labute approximate surface area is 64.3 Å². The van der Waals surface area contributed by atoms with Crippen LogP contribution in [0.5, 0.6) is 0 Å². The number of H-pyrrole nitrogens is 1. The molecule has 1 unspecified atom stereocenters. The number of hydrogen-bond donors (Lipinski definition) is 3. The molecule has 0 aliphatic carbocycles. The van der Waals surface area contributed by atoms with Crippen molar-refractivity contribution in [1.82, 2.24) is 4.98 Å². The summed E-state index contributed by atoms with van der Waals surface area (Å²) in [6, 6.07) is 0. The monoisotopic (exact) mass is 175 g/mol. The first-order valence-electron chi connectivity index (χ1n) is 2.64. The molecule has 0 fully saturated rings. The third-order valence-electron chi connectivity index (χ3n) is 1.13. The van der Waals surface area contributed by atoms with Gasteiger partial charge >= 0.3 is 5.97 Å². The fraction of sp³-hybridized carbons (Fsp3) is 0. The number of carboxylic acids is 1. The summed E-state index contributed by atoms with van der Waals surface area (Å²) in [5, 5.41) is 8.44. The molecule has 1 rings (SSSR count). The molecule has 0 amide bonds. The van der Waals surface area contributed by atoms with Crippen molar-refractivity contribution < 1.29 is 18.7 Å². The van der Waals surface area contributed by atoms with E-state index < -0.39 is 17.0 Å². The van der Waals surface area contributed by atoms with E-state index >= 15 is 0 Å². The van der Waals surface area contributed by atoms with E-state index in [2.05, 4.69) is 4.98 Å². The zero-order chi connectivity index (χ0) is 8.43. The lowest BCUT2D eigenvalue weighted by atomic mass is 10.3. The zero-order valence-electron chi connectivity index (χ0n) is 5.27. The van der Waals surface area contributed by atoms with Gasteiger partial charge in [-0.1, -0.05) is 0 Å². The van der Waals surface area contributed by atoms with E-state index in [1.807, 2.05) is 0 Å². The van der Waals surface area contributed by atoms with E-state index in [9.17, 15) is 9.00 Å². The Balaban J connectivity index is 3.16. The Bertz CT molecular complexity index is 277. The molecule has 0 saturated heterocycles. The predicted octanol–water partition coefficient (Wildman–Crippen LogP) is 0.293. The smallest absolute Gasteiger partial charge is 0.338 e. The third kappa shape index (κ3) is 1.47. The van der Waals surface area contributed by atoms with Crippen LogP contribution in [0, 0.1) is 0 Å². The Morgan fingerprint density at radius 3 is 2.55 bits per heavy atom. The van der Waals surface area contributed by atoms with Crippen LogP contribution in [-0.2, 0) is 11.1 Å². The van der Waals surface area contributed by atoms with Gasteiger partial charge in [0, 0.05) is 12.4 Å². The highest BCUT2D eigenvalue weighted by Gasteiger charge is 2.14. The topological polar surface area (TPSA) is 90.4 Å². The normalized spacial score (nSPS) is 12.8. The van der Waals surface area contributed by atoms with Gasteiger partial charge in [-0.05, 0) is 0 Å². The Morgan fingerprint density at radius 1 is 1.55 bits per heavy atom. The highest BCUT2D eigenvalue weighted by Crippen LogP contribution is 2.10. The number of carbonyl (C=O) groups is 1. The number of aromatic carboxylic acids is 1. The molecule has 0 radical (unpaired) electrons. The molecule has 1 atom stereocenters. The van der Waals surface area contributed by atoms with Crippen molar-refractivity contribution in [2.45, 2.75) is 4.90 Å². The summed E-state index contributed by atoms with van der Waals surface area (Å²) < 4.78 is 18.9. The van der Waals surface area contributed by atoms with Crippen molar-refractivity contribution in [3.8, 4) is 0 Å². The lowest BCUT2D eigenvalue weighted by molar-refractivity contribution is 0.0693. The van der Waals surface area contributed by atoms with Crippen LogP contribution in [-0.4, -0.2) is 24.8 Å². The molecule has 0 aromatic carbocycles. The molecule has 0 bridgehead atoms. The van der Waals surface area contributed by atoms with Crippen molar-refractivity contribution in [2.24, 2.45) is 0 Å². The van der Waals surface area contributed by atoms with Crippen LogP contribution < -0.4 is 0 Å². The lowest BCUT2D eigenvalue weighted by Gasteiger charge is -1.90. The van der Waals surface area contributed by atoms with Gasteiger partial charge in [-0.2, -0.15) is 0 Å². The number of aromatic amines is 1. The number of aromatic nitrogens is 1. The van der Waals surface area contributed by atoms with Crippen molar-refractivity contribution in [2.75, 3.05) is 0 Å². The fourth-order valence-corrected chi connectivity index (χ4v) is 1.16. The van der Waals surface area contributed by atoms with E-state index in [-0.39, 0.29) is 10.5 Å². The number of hydrogen-bond acceptors (Lipinski definition) is 2. The fourth-order valence-electron chi connectivity index (χ4n) is 0.661. The largest absolute Gasteiger partial charge is 0.478 e. The van der Waals surface area contributed by atoms with Crippen LogP contribution >= 0.6 is 0 Å². The molecule has 1 aromatic heterocycles. The van der Waals surface area contributed by atoms with Crippen molar-refractivity contribution >= 4 is 17.0 Å². The number of rotatable bonds is 2. The summed E-state index contributed by atoms with van der Waals surface area (Å²) in [6.07, 6.45) is 2.34. The molecule has 60 valence electrons. The van der Waals surface area contributed by atoms with E-state index in [4.69, 9.17) is 9.66 Å². The molecule has 3 N–H and O–H groups in total. The maximum absolute atomic E-state index is 10.4. The average molecular weight is 175 g/mol. The minimum absolute atomic E-state index is 0.113. The summed E-state index contributed by atoms with van der Waals surface area (Å²) in [5.74, 6) is -1.22. The lowest BCUT2D eigenvalue weighted by Crippen LogP contribution is -1.99. The second-order valence-electron chi connectivity index (χ2n) is 1.79. The molecule has 0 aliphatic heterocycles. The summed E-state index contributed by atoms with van der Waals surface area (Å²) in [6.45, 7) is 0. The number of nitrogens with one attached hydrogen (secondary N) is 1. The highest BCUT2D eigenvalue weighted by atomic mass is 32.2. The van der Waals surface area contributed by atoms with E-state index in [1.54, 1.807) is 0 Å². The van der Waals surface area contributed by atoms with E-state index in [0.29, 0.717) is 0 Å². The molecule has 5 nitrogen and oxygen atoms in total. The standard InChI is InChI=1S/C5H5NO4S/c7-5(8)3-1-6-2-4(3)11(9)10/h1-2,6H,(H,7,8)(H,9,10). The van der Waals surface area contributed by atoms with Gasteiger partial charge in [-0.15, -0.1) is 0 Å². The van der Waals surface area contributed by atoms with Gasteiger partial charge in [0.05, 0.1) is 10.5 Å². The second-order valence-corrected chi connectivity index (χ2v) is 2.73. The zero-order valence-corrected chi connectivity index (χ0v) is 6.09. The number of carboxylic acid groups (broad SMARTS) is 1. The molecule has 0 aliphatic rings. The Kier molecular flexibility index (Phi) is 2.06. The maximum Gasteiger partial charge on any atom is 0.338 e. The SMILES string of the molecule is O=C(O)c1c[nH]cc1S(=O)O. The van der Waals surface area contributed by atoms with Crippen LogP contribution in [0.3, 0.4) is 0 Å². The first-order valence-corrected chi connectivity index (χ1v) is 3.74. The van der Waals surface area contributed by atoms with E-state index in [0.717, 1.165) is 6.20 Å². The van der Waals surface area contributed by atoms with Gasteiger partial charge in [0.25, 0.3) is 0 Å². The quantitative estimate of drug-likeness (QED) is 0.563. The van der Waals surface area contributed by atoms with Crippen LogP contribution in [0.25, 0.3) is 0 Å². The molecule has 0 spiro atoms. The van der Waals surface area contributed by atoms with Crippen LogP contribution in [0.4, 0.5) is 0 Å². The van der Waals surface area contributed by atoms with Crippen LogP contribution in [0.2, 0.25) is 0 Å². The summed E-state index contributed by atoms with van der Waals surface area (Å²) in [4.78, 5) is 12.6. The average Bonchev–Trinajstić information content (AvgIpc) is 2.32. The first-order chi connectivity index (χ1) is 5.13. The summed E-state index contributed by atoms with van der Waals surface area (Å²) in [5.41, 5.74) is -0.175. The molecule has 1 heterocycles. The van der Waals surface area contributed by atoms with Crippen LogP contribution in [0.15, 0.2) is 17.3 Å². The van der Waals surface area contributed by atoms with Gasteiger partial charge in [0.15, 0.2) is 11.1 Å². The molecular formula is C5H5NO4S. The summed E-state index contributed by atoms with van der Waals surface area (Å²) >= 11 is -2.24. The first kappa shape index (κ1) is 7.96. The second kappa shape index (κ2) is 2.85. The highest BCUT2D eigenvalue weighted by molar-refractivity contribution is 7.79. The van der Waals surface area contributed by atoms with Crippen molar-refractivity contribution in [3.05, 3.63) is 18.0 Å². The summed E-state index contributed by atoms with van der Waals surface area (Å²) in [7, 11) is 0. The molecular weight excluding hydrogens is 170 g/mol. The Hall–Kier alpha value is -1.14. The van der Waals surface area contributed by atoms with E-state index in [1.165, 1.54) is 6.20 Å². The molecule has 6 heteroatoms. The van der Waals surface area contributed by atoms with Crippen molar-refractivity contribution in [3.63, 3.8) is 0 Å². The molecule has 11 heavy (non-hydrogen) atoms.